The summed E-state index contributed by atoms with van der Waals surface area (Å²) in [5.41, 5.74) is 7.05. The highest BCUT2D eigenvalue weighted by atomic mass is 16.4. The number of amides is 2. The summed E-state index contributed by atoms with van der Waals surface area (Å²) >= 11 is 0. The number of imide groups is 1. The minimum Gasteiger partial charge on any atom is -0.476 e. The third kappa shape index (κ3) is 2.68. The number of nitrogens with two attached hydrogens (primary N) is 1. The first-order chi connectivity index (χ1) is 14.8. The van der Waals surface area contributed by atoms with Crippen molar-refractivity contribution in [2.24, 2.45) is 0 Å². The highest BCUT2D eigenvalue weighted by Crippen LogP contribution is 2.26. The molecule has 0 bridgehead atoms. The second kappa shape index (κ2) is 6.35. The van der Waals surface area contributed by atoms with E-state index in [1.165, 1.54) is 16.8 Å². The molecule has 0 saturated heterocycles. The fourth-order valence-electron chi connectivity index (χ4n) is 3.57. The number of carbonyl (C=O) groups is 3. The van der Waals surface area contributed by atoms with Gasteiger partial charge >= 0.3 is 5.97 Å². The van der Waals surface area contributed by atoms with Crippen LogP contribution in [0.1, 0.15) is 31.2 Å². The molecule has 0 unspecified atom stereocenters. The first-order valence-corrected chi connectivity index (χ1v) is 8.95. The van der Waals surface area contributed by atoms with Crippen molar-refractivity contribution < 1.29 is 19.5 Å². The predicted octanol–water partition coefficient (Wildman–Crippen LogP) is 0.711. The molecule has 2 amide bonds. The van der Waals surface area contributed by atoms with Crippen molar-refractivity contribution in [2.75, 3.05) is 5.73 Å². The van der Waals surface area contributed by atoms with Crippen molar-refractivity contribution in [1.29, 1.82) is 0 Å². The summed E-state index contributed by atoms with van der Waals surface area (Å²) in [5, 5.41) is 15.4. The summed E-state index contributed by atoms with van der Waals surface area (Å²) in [6, 6.07) is 10.7. The minimum atomic E-state index is -1.18. The van der Waals surface area contributed by atoms with Crippen molar-refractivity contribution in [1.82, 2.24) is 24.5 Å². The number of fused-ring (bicyclic) bond motifs is 2. The zero-order valence-electron chi connectivity index (χ0n) is 15.6. The van der Waals surface area contributed by atoms with E-state index < -0.39 is 23.3 Å². The van der Waals surface area contributed by atoms with Crippen LogP contribution in [-0.2, 0) is 0 Å². The normalized spacial score (nSPS) is 12.8. The second-order valence-corrected chi connectivity index (χ2v) is 6.76. The molecule has 4 N–H and O–H groups in total. The van der Waals surface area contributed by atoms with Gasteiger partial charge in [-0.3, -0.25) is 24.3 Å². The van der Waals surface area contributed by atoms with Crippen LogP contribution in [0.3, 0.4) is 0 Å². The minimum absolute atomic E-state index is 0.0560. The fourth-order valence-corrected chi connectivity index (χ4v) is 3.57. The van der Waals surface area contributed by atoms with E-state index >= 15 is 0 Å². The van der Waals surface area contributed by atoms with Crippen molar-refractivity contribution in [3.8, 4) is 16.9 Å². The molecule has 152 valence electrons. The van der Waals surface area contributed by atoms with Gasteiger partial charge < -0.3 is 10.8 Å². The molecule has 5 rings (SSSR count). The van der Waals surface area contributed by atoms with E-state index in [0.717, 1.165) is 10.6 Å². The van der Waals surface area contributed by atoms with Crippen molar-refractivity contribution in [2.45, 2.75) is 0 Å². The van der Waals surface area contributed by atoms with Crippen molar-refractivity contribution in [3.63, 3.8) is 0 Å². The van der Waals surface area contributed by atoms with Gasteiger partial charge in [-0.2, -0.15) is 5.10 Å². The smallest absolute Gasteiger partial charge is 0.356 e. The van der Waals surface area contributed by atoms with E-state index in [4.69, 9.17) is 5.73 Å². The van der Waals surface area contributed by atoms with Gasteiger partial charge in [0.15, 0.2) is 11.3 Å². The number of carboxylic acid groups (broad SMARTS) is 1. The number of nitrogens with zero attached hydrogens (tertiary/aromatic N) is 4. The second-order valence-electron chi connectivity index (χ2n) is 6.76. The molecule has 0 atom stereocenters. The first kappa shape index (κ1) is 18.2. The van der Waals surface area contributed by atoms with Crippen LogP contribution in [0.25, 0.3) is 22.6 Å². The molecule has 1 aliphatic heterocycles. The van der Waals surface area contributed by atoms with Gasteiger partial charge in [0, 0.05) is 23.9 Å². The zero-order chi connectivity index (χ0) is 21.9. The fraction of sp³-hybridized carbons (Fsp3) is 0. The van der Waals surface area contributed by atoms with Crippen LogP contribution in [0.4, 0.5) is 5.82 Å². The lowest BCUT2D eigenvalue weighted by Crippen LogP contribution is -2.24. The zero-order valence-corrected chi connectivity index (χ0v) is 15.6. The number of pyridine rings is 1. The number of hydrogen-bond donors (Lipinski definition) is 3. The van der Waals surface area contributed by atoms with E-state index in [1.54, 1.807) is 30.3 Å². The van der Waals surface area contributed by atoms with Crippen molar-refractivity contribution >= 4 is 29.2 Å². The monoisotopic (exact) mass is 416 g/mol. The molecule has 11 heteroatoms. The standard InChI is InChI=1S/C20H12N6O5/c21-17-16-11(18(28)23-19(16)29)7-15(27)25(17)10-3-1-2-9(6-10)13-4-5-22-14-8-12(20(30)31)24-26(13)14/h1-8H,21H2,(H,30,31)(H,23,28,29). The summed E-state index contributed by atoms with van der Waals surface area (Å²) in [6.07, 6.45) is 1.51. The Hall–Kier alpha value is -4.80. The number of rotatable bonds is 3. The number of carboxylic acids is 1. The van der Waals surface area contributed by atoms with Gasteiger partial charge in [-0.05, 0) is 18.2 Å². The molecule has 1 aliphatic rings. The lowest BCUT2D eigenvalue weighted by molar-refractivity contribution is 0.0689. The molecule has 0 spiro atoms. The Morgan fingerprint density at radius 3 is 2.65 bits per heavy atom. The summed E-state index contributed by atoms with van der Waals surface area (Å²) in [5.74, 6) is -2.68. The number of benzene rings is 1. The third-order valence-corrected chi connectivity index (χ3v) is 4.93. The summed E-state index contributed by atoms with van der Waals surface area (Å²) < 4.78 is 2.51. The van der Waals surface area contributed by atoms with Crippen LogP contribution in [0.2, 0.25) is 0 Å². The molecule has 0 fully saturated rings. The van der Waals surface area contributed by atoms with Gasteiger partial charge in [-0.15, -0.1) is 0 Å². The van der Waals surface area contributed by atoms with Gasteiger partial charge in [0.2, 0.25) is 0 Å². The Kier molecular flexibility index (Phi) is 3.74. The third-order valence-electron chi connectivity index (χ3n) is 4.93. The van der Waals surface area contributed by atoms with Crippen LogP contribution in [0.5, 0.6) is 0 Å². The topological polar surface area (TPSA) is 162 Å². The van der Waals surface area contributed by atoms with E-state index in [1.807, 2.05) is 0 Å². The number of nitrogen functional groups attached to an aromatic ring is 1. The van der Waals surface area contributed by atoms with E-state index in [-0.39, 0.29) is 22.6 Å². The van der Waals surface area contributed by atoms with Gasteiger partial charge in [0.25, 0.3) is 17.4 Å². The van der Waals surface area contributed by atoms with E-state index in [0.29, 0.717) is 22.6 Å². The van der Waals surface area contributed by atoms with E-state index in [2.05, 4.69) is 15.4 Å². The Bertz CT molecular complexity index is 1520. The number of aromatic nitrogens is 4. The molecule has 0 radical (unpaired) electrons. The number of nitrogens with one attached hydrogen (secondary N) is 1. The van der Waals surface area contributed by atoms with Gasteiger partial charge in [-0.25, -0.2) is 14.3 Å². The molecule has 0 aliphatic carbocycles. The molecule has 11 nitrogen and oxygen atoms in total. The quantitative estimate of drug-likeness (QED) is 0.411. The molecule has 3 aromatic heterocycles. The largest absolute Gasteiger partial charge is 0.476 e. The maximum atomic E-state index is 12.7. The van der Waals surface area contributed by atoms with Gasteiger partial charge in [0.1, 0.15) is 5.82 Å². The maximum Gasteiger partial charge on any atom is 0.356 e. The predicted molar refractivity (Wildman–Crippen MR) is 107 cm³/mol. The number of anilines is 1. The molecule has 4 aromatic rings. The van der Waals surface area contributed by atoms with Gasteiger partial charge in [-0.1, -0.05) is 12.1 Å². The SMILES string of the molecule is Nc1c2c(cc(=O)n1-c1cccc(-c3ccnc4cc(C(=O)O)nn34)c1)C(=O)NC2=O. The Morgan fingerprint density at radius 2 is 1.87 bits per heavy atom. The molecule has 31 heavy (non-hydrogen) atoms. The number of hydrogen-bond acceptors (Lipinski definition) is 7. The Morgan fingerprint density at radius 1 is 1.06 bits per heavy atom. The molecule has 0 saturated carbocycles. The van der Waals surface area contributed by atoms with Gasteiger partial charge in [0.05, 0.1) is 22.5 Å². The molecule has 4 heterocycles. The summed E-state index contributed by atoms with van der Waals surface area (Å²) in [4.78, 5) is 52.0. The van der Waals surface area contributed by atoms with Crippen molar-refractivity contribution in [3.05, 3.63) is 75.8 Å². The number of aromatic carboxylic acids is 1. The highest BCUT2D eigenvalue weighted by molar-refractivity contribution is 6.23. The first-order valence-electron chi connectivity index (χ1n) is 8.95. The Labute approximate surface area is 172 Å². The average Bonchev–Trinajstić information content (AvgIpc) is 3.29. The van der Waals surface area contributed by atoms with Crippen LogP contribution < -0.4 is 16.6 Å². The lowest BCUT2D eigenvalue weighted by atomic mass is 10.1. The number of carbonyl (C=O) groups excluding carboxylic acids is 2. The average molecular weight is 416 g/mol. The Balaban J connectivity index is 1.70. The summed E-state index contributed by atoms with van der Waals surface area (Å²) in [7, 11) is 0. The van der Waals surface area contributed by atoms with Crippen LogP contribution in [0.15, 0.2) is 53.5 Å². The summed E-state index contributed by atoms with van der Waals surface area (Å²) in [6.45, 7) is 0. The molecular weight excluding hydrogens is 404 g/mol. The maximum absolute atomic E-state index is 12.7. The lowest BCUT2D eigenvalue weighted by Gasteiger charge is -2.13. The molecule has 1 aromatic carbocycles. The van der Waals surface area contributed by atoms with Crippen LogP contribution >= 0.6 is 0 Å². The van der Waals surface area contributed by atoms with Crippen LogP contribution in [0, 0.1) is 0 Å². The molecular formula is C20H12N6O5. The van der Waals surface area contributed by atoms with E-state index in [9.17, 15) is 24.3 Å². The highest BCUT2D eigenvalue weighted by Gasteiger charge is 2.31. The van der Waals surface area contributed by atoms with Crippen LogP contribution in [-0.4, -0.2) is 42.1 Å².